The van der Waals surface area contributed by atoms with Gasteiger partial charge in [0.2, 0.25) is 0 Å². The van der Waals surface area contributed by atoms with Crippen molar-refractivity contribution >= 4 is 60.9 Å². The Labute approximate surface area is 643 Å². The fourth-order valence-corrected chi connectivity index (χ4v) is 21.6. The number of rotatable bonds is 18. The van der Waals surface area contributed by atoms with Crippen molar-refractivity contribution in [3.8, 4) is 89.0 Å². The molecule has 2 heterocycles. The first-order valence-electron chi connectivity index (χ1n) is 40.8. The van der Waals surface area contributed by atoms with Crippen LogP contribution in [-0.2, 0) is 27.1 Å². The van der Waals surface area contributed by atoms with Crippen LogP contribution in [0.5, 0.6) is 0 Å². The monoisotopic (exact) mass is 1420 g/mol. The summed E-state index contributed by atoms with van der Waals surface area (Å²) in [5.41, 5.74) is 41.9. The summed E-state index contributed by atoms with van der Waals surface area (Å²) in [6.07, 6.45) is 15.5. The number of unbranched alkanes of at least 4 members (excludes halogenated alkanes) is 8. The maximum Gasteiger partial charge on any atom is 0.144 e. The lowest BCUT2D eigenvalue weighted by atomic mass is 9.70. The minimum atomic E-state index is -0.374. The molecule has 20 rings (SSSR count). The molecule has 0 bridgehead atoms. The lowest BCUT2D eigenvalue weighted by Crippen LogP contribution is -2.25. The smallest absolute Gasteiger partial charge is 0.144 e. The van der Waals surface area contributed by atoms with Crippen molar-refractivity contribution in [1.29, 1.82) is 0 Å². The first-order valence-corrected chi connectivity index (χ1v) is 40.8. The van der Waals surface area contributed by atoms with Crippen molar-refractivity contribution < 1.29 is 8.83 Å². The maximum absolute atomic E-state index is 7.14. The molecule has 0 aliphatic heterocycles. The molecule has 538 valence electrons. The molecule has 0 saturated heterocycles. The molecule has 15 aromatic rings. The number of aryl methyl sites for hydroxylation is 1. The second kappa shape index (κ2) is 24.9. The summed E-state index contributed by atoms with van der Waals surface area (Å²) in [5, 5.41) is 4.71. The molecule has 3 heteroatoms. The highest BCUT2D eigenvalue weighted by atomic mass is 16.3. The van der Waals surface area contributed by atoms with Gasteiger partial charge in [0.1, 0.15) is 22.3 Å². The van der Waals surface area contributed by atoms with E-state index in [9.17, 15) is 0 Å². The molecular weight excluding hydrogens is 1320 g/mol. The lowest BCUT2D eigenvalue weighted by molar-refractivity contribution is 0.399. The van der Waals surface area contributed by atoms with Gasteiger partial charge in [-0.3, -0.25) is 0 Å². The van der Waals surface area contributed by atoms with Gasteiger partial charge >= 0.3 is 0 Å². The Balaban J connectivity index is 0.636. The van der Waals surface area contributed by atoms with Crippen LogP contribution in [0.3, 0.4) is 0 Å². The van der Waals surface area contributed by atoms with Gasteiger partial charge in [-0.25, -0.2) is 0 Å². The number of hydrogen-bond donors (Lipinski definition) is 0. The highest BCUT2D eigenvalue weighted by Crippen LogP contribution is 2.65. The van der Waals surface area contributed by atoms with Crippen molar-refractivity contribution in [3.63, 3.8) is 0 Å². The van der Waals surface area contributed by atoms with E-state index in [4.69, 9.17) is 8.83 Å². The summed E-state index contributed by atoms with van der Waals surface area (Å²) in [6, 6.07) is 93.4. The van der Waals surface area contributed by atoms with Crippen LogP contribution in [0.2, 0.25) is 0 Å². The minimum Gasteiger partial charge on any atom is -0.455 e. The number of anilines is 3. The quantitative estimate of drug-likeness (QED) is 0.0802. The molecule has 109 heavy (non-hydrogen) atoms. The summed E-state index contributed by atoms with van der Waals surface area (Å²) >= 11 is 0. The second-order valence-corrected chi connectivity index (χ2v) is 34.9. The predicted molar refractivity (Wildman–Crippen MR) is 460 cm³/mol. The van der Waals surface area contributed by atoms with Crippen LogP contribution in [-0.4, -0.2) is 0 Å². The van der Waals surface area contributed by atoms with Crippen LogP contribution >= 0.6 is 0 Å². The average Bonchev–Trinajstić information content (AvgIpc) is 1.50. The van der Waals surface area contributed by atoms with Crippen LogP contribution in [0.1, 0.15) is 207 Å². The van der Waals surface area contributed by atoms with Crippen LogP contribution in [0, 0.1) is 6.92 Å². The second-order valence-electron chi connectivity index (χ2n) is 34.9. The first-order chi connectivity index (χ1) is 52.9. The van der Waals surface area contributed by atoms with Gasteiger partial charge in [-0.05, 0) is 232 Å². The molecule has 0 saturated carbocycles. The summed E-state index contributed by atoms with van der Waals surface area (Å²) in [4.78, 5) is 2.51. The normalized spacial score (nSPS) is 15.6. The van der Waals surface area contributed by atoms with E-state index in [-0.39, 0.29) is 27.1 Å². The molecule has 5 aliphatic carbocycles. The summed E-state index contributed by atoms with van der Waals surface area (Å²) in [5.74, 6) is 0. The number of hydrogen-bond acceptors (Lipinski definition) is 3. The minimum absolute atomic E-state index is 0.0455. The Morgan fingerprint density at radius 2 is 0.716 bits per heavy atom. The van der Waals surface area contributed by atoms with Gasteiger partial charge in [-0.1, -0.05) is 303 Å². The molecule has 5 aliphatic rings. The topological polar surface area (TPSA) is 29.5 Å². The highest BCUT2D eigenvalue weighted by molar-refractivity contribution is 6.22. The highest BCUT2D eigenvalue weighted by Gasteiger charge is 2.50. The Bertz CT molecular complexity index is 6280. The maximum atomic E-state index is 7.14. The van der Waals surface area contributed by atoms with E-state index in [1.165, 1.54) is 221 Å². The van der Waals surface area contributed by atoms with Crippen molar-refractivity contribution in [2.24, 2.45) is 0 Å². The van der Waals surface area contributed by atoms with Crippen LogP contribution in [0.25, 0.3) is 133 Å². The molecule has 0 atom stereocenters. The largest absolute Gasteiger partial charge is 0.455 e. The van der Waals surface area contributed by atoms with Crippen LogP contribution in [0.4, 0.5) is 17.1 Å². The molecule has 0 fully saturated rings. The fraction of sp³-hybridized carbons (Fsp3) is 0.264. The van der Waals surface area contributed by atoms with Gasteiger partial charge in [-0.2, -0.15) is 0 Å². The van der Waals surface area contributed by atoms with E-state index in [2.05, 4.69) is 324 Å². The first kappa shape index (κ1) is 67.6. The average molecular weight is 1420 g/mol. The molecule has 0 spiro atoms. The van der Waals surface area contributed by atoms with Crippen molar-refractivity contribution in [2.45, 2.75) is 180 Å². The van der Waals surface area contributed by atoms with Crippen LogP contribution < -0.4 is 4.90 Å². The summed E-state index contributed by atoms with van der Waals surface area (Å²) in [6.45, 7) is 26.4. The zero-order valence-electron chi connectivity index (χ0n) is 65.3. The Kier molecular flexibility index (Phi) is 15.4. The van der Waals surface area contributed by atoms with Gasteiger partial charge in [-0.15, -0.1) is 0 Å². The van der Waals surface area contributed by atoms with E-state index in [0.29, 0.717) is 0 Å². The lowest BCUT2D eigenvalue weighted by Gasteiger charge is -2.33. The number of benzene rings is 13. The molecule has 0 radical (unpaired) electrons. The van der Waals surface area contributed by atoms with E-state index in [0.717, 1.165) is 55.9 Å². The van der Waals surface area contributed by atoms with E-state index >= 15 is 0 Å². The predicted octanol–water partition coefficient (Wildman–Crippen LogP) is 30.5. The zero-order valence-corrected chi connectivity index (χ0v) is 65.3. The molecular formula is C106H97NO2. The summed E-state index contributed by atoms with van der Waals surface area (Å²) < 4.78 is 14.2. The fourth-order valence-electron chi connectivity index (χ4n) is 21.6. The van der Waals surface area contributed by atoms with Crippen LogP contribution in [0.15, 0.2) is 251 Å². The summed E-state index contributed by atoms with van der Waals surface area (Å²) in [7, 11) is 0. The third-order valence-corrected chi connectivity index (χ3v) is 27.2. The molecule has 3 nitrogen and oxygen atoms in total. The number of furan rings is 2. The molecule has 0 amide bonds. The third-order valence-electron chi connectivity index (χ3n) is 27.2. The number of nitrogens with zero attached hydrogens (tertiary/aromatic N) is 1. The van der Waals surface area contributed by atoms with Gasteiger partial charge in [0.05, 0.1) is 0 Å². The van der Waals surface area contributed by atoms with Gasteiger partial charge in [0.15, 0.2) is 0 Å². The van der Waals surface area contributed by atoms with E-state index in [1.807, 2.05) is 0 Å². The van der Waals surface area contributed by atoms with Gasteiger partial charge in [0, 0.05) is 76.8 Å². The van der Waals surface area contributed by atoms with Crippen molar-refractivity contribution in [3.05, 3.63) is 304 Å². The van der Waals surface area contributed by atoms with Gasteiger partial charge < -0.3 is 13.7 Å². The Morgan fingerprint density at radius 3 is 1.34 bits per heavy atom. The van der Waals surface area contributed by atoms with E-state index in [1.54, 1.807) is 11.1 Å². The molecule has 0 N–H and O–H groups in total. The number of fused-ring (bicyclic) bond motifs is 25. The Morgan fingerprint density at radius 1 is 0.284 bits per heavy atom. The molecule has 0 unspecified atom stereocenters. The third kappa shape index (κ3) is 9.92. The number of para-hydroxylation sites is 2. The van der Waals surface area contributed by atoms with E-state index < -0.39 is 0 Å². The molecule has 13 aromatic carbocycles. The van der Waals surface area contributed by atoms with Crippen molar-refractivity contribution in [2.75, 3.05) is 4.90 Å². The van der Waals surface area contributed by atoms with Crippen molar-refractivity contribution in [1.82, 2.24) is 0 Å². The molecule has 2 aromatic heterocycles. The Hall–Kier alpha value is -10.7. The van der Waals surface area contributed by atoms with Gasteiger partial charge in [0.25, 0.3) is 0 Å². The standard InChI is InChI=1S/C106H97NO2/c1-12-14-16-18-28-55-106(56-29-19-17-15-13-2)84-38-25-20-33-73(84)76-52-47-69(60-89(76)106)68-46-51-75-74-50-45-67(58-85(74)102(4,5)86(75)59-68)65-41-43-66(44-42-65)82-63-90-93(95-80-35-22-26-39-91(80)108-100(82)95)78-53-48-71(61-87(78)103(90,6)7)107(70-32-30-31-64(3)57-70)72-49-54-79-88(62-72)105(10,11)98-94(79)96-81-36-23-27-40-92(81)109-101(96)97-77-34-21-24-37-83(77)104(8,9)99(97)98/h20-27,30-54,57-63H,12-19,28-29,55-56H2,1-11H3. The SMILES string of the molecule is CCCCCCCC1(CCCCCCC)c2ccccc2-c2ccc(-c3ccc4c(c3)C(C)(C)c3cc(-c5ccc(-c6cc7c(c8c6oc6ccccc68)-c6ccc(N(c8cccc(C)c8)c8ccc9c(c8)C(C)(C)c8c%10c(c%11oc%12ccccc%12c%11c8-9)-c8ccccc8C%10(C)C)cc6C7(C)C)cc5)ccc3-4)cc21. The zero-order chi connectivity index (χ0) is 74.2.